The van der Waals surface area contributed by atoms with E-state index in [2.05, 4.69) is 11.1 Å². The molecule has 4 aromatic rings. The summed E-state index contributed by atoms with van der Waals surface area (Å²) in [7, 11) is 0. The summed E-state index contributed by atoms with van der Waals surface area (Å²) in [5, 5.41) is 13.9. The van der Waals surface area contributed by atoms with Crippen LogP contribution in [0.25, 0.3) is 16.9 Å². The number of rotatable bonds is 3. The van der Waals surface area contributed by atoms with E-state index in [0.29, 0.717) is 29.1 Å². The predicted octanol–water partition coefficient (Wildman–Crippen LogP) is 4.89. The van der Waals surface area contributed by atoms with Gasteiger partial charge in [0.05, 0.1) is 29.6 Å². The minimum atomic E-state index is -0.448. The van der Waals surface area contributed by atoms with Gasteiger partial charge in [-0.05, 0) is 55.3 Å². The Morgan fingerprint density at radius 1 is 1.07 bits per heavy atom. The van der Waals surface area contributed by atoms with Crippen molar-refractivity contribution in [3.05, 3.63) is 83.6 Å². The SMILES string of the molecule is N#Cc1cccc(-c2cnc3ccc(N4CCCC4c4cc(F)ccc4F)nn23)c1. The van der Waals surface area contributed by atoms with Gasteiger partial charge in [-0.1, -0.05) is 12.1 Å². The molecule has 1 unspecified atom stereocenters. The van der Waals surface area contributed by atoms with Crippen molar-refractivity contribution >= 4 is 11.5 Å². The molecule has 0 bridgehead atoms. The first-order chi connectivity index (χ1) is 14.6. The van der Waals surface area contributed by atoms with E-state index in [0.717, 1.165) is 30.2 Å². The van der Waals surface area contributed by atoms with Crippen molar-refractivity contribution in [1.82, 2.24) is 14.6 Å². The number of hydrogen-bond donors (Lipinski definition) is 0. The minimum absolute atomic E-state index is 0.278. The number of hydrogen-bond acceptors (Lipinski definition) is 4. The maximum Gasteiger partial charge on any atom is 0.154 e. The summed E-state index contributed by atoms with van der Waals surface area (Å²) in [5.74, 6) is -0.189. The summed E-state index contributed by atoms with van der Waals surface area (Å²) < 4.78 is 29.9. The Morgan fingerprint density at radius 2 is 1.97 bits per heavy atom. The van der Waals surface area contributed by atoms with Crippen molar-refractivity contribution in [2.45, 2.75) is 18.9 Å². The lowest BCUT2D eigenvalue weighted by atomic mass is 10.0. The Bertz CT molecular complexity index is 1290. The molecule has 1 aliphatic rings. The second kappa shape index (κ2) is 7.23. The predicted molar refractivity (Wildman–Crippen MR) is 109 cm³/mol. The van der Waals surface area contributed by atoms with Gasteiger partial charge < -0.3 is 4.90 Å². The molecule has 5 rings (SSSR count). The van der Waals surface area contributed by atoms with Crippen molar-refractivity contribution in [3.63, 3.8) is 0 Å². The molecule has 2 aromatic carbocycles. The standard InChI is InChI=1S/C23H17F2N5/c24-17-6-7-19(25)18(12-17)20-5-2-10-29(20)23-9-8-22-27-14-21(30(22)28-23)16-4-1-3-15(11-16)13-26/h1,3-4,6-9,11-12,14,20H,2,5,10H2. The number of nitriles is 1. The third-order valence-electron chi connectivity index (χ3n) is 5.50. The number of anilines is 1. The van der Waals surface area contributed by atoms with E-state index in [9.17, 15) is 14.0 Å². The van der Waals surface area contributed by atoms with Crippen LogP contribution in [-0.2, 0) is 0 Å². The van der Waals surface area contributed by atoms with Crippen LogP contribution < -0.4 is 4.90 Å². The highest BCUT2D eigenvalue weighted by molar-refractivity contribution is 5.65. The highest BCUT2D eigenvalue weighted by Crippen LogP contribution is 2.37. The lowest BCUT2D eigenvalue weighted by molar-refractivity contribution is 0.559. The fraction of sp³-hybridized carbons (Fsp3) is 0.174. The Morgan fingerprint density at radius 3 is 2.83 bits per heavy atom. The van der Waals surface area contributed by atoms with Crippen molar-refractivity contribution < 1.29 is 8.78 Å². The van der Waals surface area contributed by atoms with E-state index in [1.807, 2.05) is 29.2 Å². The van der Waals surface area contributed by atoms with Crippen LogP contribution in [0.15, 0.2) is 60.8 Å². The summed E-state index contributed by atoms with van der Waals surface area (Å²) in [4.78, 5) is 6.42. The summed E-state index contributed by atoms with van der Waals surface area (Å²) in [6, 6.07) is 16.4. The van der Waals surface area contributed by atoms with E-state index in [4.69, 9.17) is 5.10 Å². The molecule has 2 aromatic heterocycles. The Balaban J connectivity index is 1.58. The molecular weight excluding hydrogens is 384 g/mol. The van der Waals surface area contributed by atoms with Crippen LogP contribution in [0, 0.1) is 23.0 Å². The van der Waals surface area contributed by atoms with Crippen LogP contribution in [-0.4, -0.2) is 21.1 Å². The number of nitrogens with zero attached hydrogens (tertiary/aromatic N) is 5. The average Bonchev–Trinajstić information content (AvgIpc) is 3.42. The van der Waals surface area contributed by atoms with Crippen LogP contribution in [0.3, 0.4) is 0 Å². The first-order valence-corrected chi connectivity index (χ1v) is 9.71. The van der Waals surface area contributed by atoms with Gasteiger partial charge in [-0.25, -0.2) is 18.3 Å². The zero-order valence-corrected chi connectivity index (χ0v) is 16.0. The lowest BCUT2D eigenvalue weighted by Gasteiger charge is -2.26. The van der Waals surface area contributed by atoms with E-state index >= 15 is 0 Å². The first kappa shape index (κ1) is 18.3. The largest absolute Gasteiger partial charge is 0.348 e. The van der Waals surface area contributed by atoms with Crippen molar-refractivity contribution in [1.29, 1.82) is 5.26 Å². The summed E-state index contributed by atoms with van der Waals surface area (Å²) in [6.45, 7) is 0.701. The maximum atomic E-state index is 14.4. The molecule has 0 saturated carbocycles. The van der Waals surface area contributed by atoms with Gasteiger partial charge in [0.2, 0.25) is 0 Å². The van der Waals surface area contributed by atoms with Gasteiger partial charge in [0.25, 0.3) is 0 Å². The van der Waals surface area contributed by atoms with Gasteiger partial charge >= 0.3 is 0 Å². The summed E-state index contributed by atoms with van der Waals surface area (Å²) >= 11 is 0. The molecule has 30 heavy (non-hydrogen) atoms. The van der Waals surface area contributed by atoms with Crippen LogP contribution in [0.2, 0.25) is 0 Å². The summed E-state index contributed by atoms with van der Waals surface area (Å²) in [5.41, 5.74) is 3.17. The van der Waals surface area contributed by atoms with Crippen LogP contribution in [0.5, 0.6) is 0 Å². The molecule has 7 heteroatoms. The van der Waals surface area contributed by atoms with Gasteiger partial charge in [0, 0.05) is 17.7 Å². The molecule has 1 aliphatic heterocycles. The lowest BCUT2D eigenvalue weighted by Crippen LogP contribution is -2.25. The molecule has 3 heterocycles. The second-order valence-corrected chi connectivity index (χ2v) is 7.31. The first-order valence-electron chi connectivity index (χ1n) is 9.71. The number of fused-ring (bicyclic) bond motifs is 1. The fourth-order valence-corrected chi connectivity index (χ4v) is 4.10. The molecule has 1 fully saturated rings. The normalized spacial score (nSPS) is 16.2. The topological polar surface area (TPSA) is 57.2 Å². The van der Waals surface area contributed by atoms with E-state index < -0.39 is 11.6 Å². The van der Waals surface area contributed by atoms with E-state index in [1.54, 1.807) is 22.8 Å². The number of halogens is 2. The van der Waals surface area contributed by atoms with Crippen molar-refractivity contribution in [2.24, 2.45) is 0 Å². The van der Waals surface area contributed by atoms with Crippen LogP contribution >= 0.6 is 0 Å². The Hall–Kier alpha value is -3.79. The zero-order chi connectivity index (χ0) is 20.7. The van der Waals surface area contributed by atoms with Crippen LogP contribution in [0.4, 0.5) is 14.6 Å². The Labute approximate surface area is 171 Å². The van der Waals surface area contributed by atoms with E-state index in [-0.39, 0.29) is 6.04 Å². The minimum Gasteiger partial charge on any atom is -0.348 e. The quantitative estimate of drug-likeness (QED) is 0.491. The zero-order valence-electron chi connectivity index (χ0n) is 16.0. The third-order valence-corrected chi connectivity index (χ3v) is 5.50. The number of aromatic nitrogens is 3. The summed E-state index contributed by atoms with van der Waals surface area (Å²) in [6.07, 6.45) is 3.30. The second-order valence-electron chi connectivity index (χ2n) is 7.31. The average molecular weight is 401 g/mol. The van der Waals surface area contributed by atoms with Gasteiger partial charge in [0.15, 0.2) is 5.65 Å². The number of benzene rings is 2. The van der Waals surface area contributed by atoms with Gasteiger partial charge in [0.1, 0.15) is 17.5 Å². The van der Waals surface area contributed by atoms with Gasteiger partial charge in [-0.15, -0.1) is 5.10 Å². The number of imidazole rings is 1. The fourth-order valence-electron chi connectivity index (χ4n) is 4.10. The Kier molecular flexibility index (Phi) is 4.40. The molecule has 0 aliphatic carbocycles. The third kappa shape index (κ3) is 3.07. The highest BCUT2D eigenvalue weighted by Gasteiger charge is 2.30. The molecule has 148 valence electrons. The molecular formula is C23H17F2N5. The van der Waals surface area contributed by atoms with E-state index in [1.165, 1.54) is 12.1 Å². The van der Waals surface area contributed by atoms with Gasteiger partial charge in [-0.2, -0.15) is 5.26 Å². The molecule has 0 radical (unpaired) electrons. The highest BCUT2D eigenvalue weighted by atomic mass is 19.1. The van der Waals surface area contributed by atoms with Crippen LogP contribution in [0.1, 0.15) is 30.0 Å². The molecule has 0 amide bonds. The molecule has 1 atom stereocenters. The smallest absolute Gasteiger partial charge is 0.154 e. The molecule has 0 spiro atoms. The molecule has 5 nitrogen and oxygen atoms in total. The maximum absolute atomic E-state index is 14.4. The monoisotopic (exact) mass is 401 g/mol. The van der Waals surface area contributed by atoms with Gasteiger partial charge in [-0.3, -0.25) is 0 Å². The van der Waals surface area contributed by atoms with Crippen molar-refractivity contribution in [3.8, 4) is 17.3 Å². The van der Waals surface area contributed by atoms with Crippen molar-refractivity contribution in [2.75, 3.05) is 11.4 Å². The molecule has 0 N–H and O–H groups in total. The molecule has 1 saturated heterocycles.